The van der Waals surface area contributed by atoms with E-state index in [0.717, 1.165) is 6.54 Å². The molecule has 0 aromatic carbocycles. The lowest BCUT2D eigenvalue weighted by atomic mass is 9.82. The minimum Gasteiger partial charge on any atom is -0.288 e. The van der Waals surface area contributed by atoms with E-state index in [2.05, 4.69) is 38.1 Å². The van der Waals surface area contributed by atoms with Crippen molar-refractivity contribution in [1.29, 1.82) is 0 Å². The monoisotopic (exact) mass is 266 g/mol. The topological polar surface area (TPSA) is 32.3 Å². The maximum atomic E-state index is 12.6. The van der Waals surface area contributed by atoms with Crippen molar-refractivity contribution in [2.45, 2.75) is 65.8 Å². The van der Waals surface area contributed by atoms with Gasteiger partial charge >= 0.3 is 0 Å². The molecule has 0 bridgehead atoms. The van der Waals surface area contributed by atoms with Crippen LogP contribution in [0.15, 0.2) is 0 Å². The van der Waals surface area contributed by atoms with Gasteiger partial charge in [0.2, 0.25) is 5.91 Å². The third-order valence-corrected chi connectivity index (χ3v) is 5.25. The van der Waals surface area contributed by atoms with Crippen LogP contribution in [0.1, 0.15) is 59.8 Å². The molecule has 0 spiro atoms. The third kappa shape index (κ3) is 3.31. The number of hydrogen-bond acceptors (Lipinski definition) is 2. The molecule has 1 aliphatic carbocycles. The Kier molecular flexibility index (Phi) is 4.88. The first-order valence-electron chi connectivity index (χ1n) is 8.07. The van der Waals surface area contributed by atoms with E-state index < -0.39 is 0 Å². The first-order valence-corrected chi connectivity index (χ1v) is 8.07. The smallest absolute Gasteiger partial charge is 0.237 e. The van der Waals surface area contributed by atoms with Crippen molar-refractivity contribution in [3.05, 3.63) is 0 Å². The summed E-state index contributed by atoms with van der Waals surface area (Å²) in [7, 11) is 0. The molecule has 1 N–H and O–H groups in total. The highest BCUT2D eigenvalue weighted by Crippen LogP contribution is 2.41. The van der Waals surface area contributed by atoms with Gasteiger partial charge in [-0.2, -0.15) is 0 Å². The fourth-order valence-corrected chi connectivity index (χ4v) is 3.92. The highest BCUT2D eigenvalue weighted by Gasteiger charge is 2.40. The van der Waals surface area contributed by atoms with Crippen LogP contribution in [0.4, 0.5) is 0 Å². The molecular weight excluding hydrogens is 236 g/mol. The number of hydrogen-bond donors (Lipinski definition) is 1. The number of nitrogens with zero attached hydrogens (tertiary/aromatic N) is 1. The zero-order valence-electron chi connectivity index (χ0n) is 13.0. The molecule has 1 aliphatic heterocycles. The molecule has 1 heterocycles. The van der Waals surface area contributed by atoms with Crippen molar-refractivity contribution in [3.8, 4) is 0 Å². The number of piperidine rings is 1. The zero-order valence-corrected chi connectivity index (χ0v) is 13.0. The molecule has 1 saturated heterocycles. The van der Waals surface area contributed by atoms with Crippen LogP contribution in [0.3, 0.4) is 0 Å². The molecule has 110 valence electrons. The van der Waals surface area contributed by atoms with Gasteiger partial charge < -0.3 is 0 Å². The van der Waals surface area contributed by atoms with Gasteiger partial charge in [0.1, 0.15) is 0 Å². The number of carbonyl (C=O) groups is 1. The van der Waals surface area contributed by atoms with Crippen molar-refractivity contribution >= 4 is 5.91 Å². The van der Waals surface area contributed by atoms with E-state index in [1.54, 1.807) is 0 Å². The highest BCUT2D eigenvalue weighted by atomic mass is 16.2. The summed E-state index contributed by atoms with van der Waals surface area (Å²) >= 11 is 0. The van der Waals surface area contributed by atoms with Crippen molar-refractivity contribution in [2.24, 2.45) is 23.7 Å². The number of rotatable bonds is 3. The number of carbonyl (C=O) groups excluding carboxylic acids is 1. The van der Waals surface area contributed by atoms with E-state index in [4.69, 9.17) is 0 Å². The summed E-state index contributed by atoms with van der Waals surface area (Å²) in [5.74, 6) is 2.20. The second kappa shape index (κ2) is 6.25. The first kappa shape index (κ1) is 14.8. The Morgan fingerprint density at radius 1 is 1.16 bits per heavy atom. The van der Waals surface area contributed by atoms with Crippen molar-refractivity contribution < 1.29 is 4.79 Å². The predicted octanol–water partition coefficient (Wildman–Crippen LogP) is 3.21. The molecule has 0 aromatic rings. The van der Waals surface area contributed by atoms with E-state index in [9.17, 15) is 4.79 Å². The van der Waals surface area contributed by atoms with E-state index in [1.807, 2.05) is 0 Å². The fraction of sp³-hybridized carbons (Fsp3) is 0.938. The van der Waals surface area contributed by atoms with Gasteiger partial charge in [-0.1, -0.05) is 27.2 Å². The minimum atomic E-state index is 0.217. The summed E-state index contributed by atoms with van der Waals surface area (Å²) in [5.41, 5.74) is 3.22. The van der Waals surface area contributed by atoms with E-state index in [1.165, 1.54) is 32.1 Å². The van der Waals surface area contributed by atoms with Crippen LogP contribution in [0.25, 0.3) is 0 Å². The van der Waals surface area contributed by atoms with Crippen molar-refractivity contribution in [3.63, 3.8) is 0 Å². The molecule has 1 unspecified atom stereocenters. The Labute approximate surface area is 118 Å². The molecule has 19 heavy (non-hydrogen) atoms. The second-order valence-corrected chi connectivity index (χ2v) is 7.00. The van der Waals surface area contributed by atoms with Crippen LogP contribution in [-0.4, -0.2) is 23.5 Å². The number of hydrazine groups is 1. The highest BCUT2D eigenvalue weighted by molar-refractivity contribution is 5.79. The molecule has 2 fully saturated rings. The second-order valence-electron chi connectivity index (χ2n) is 7.00. The van der Waals surface area contributed by atoms with Crippen LogP contribution in [0.5, 0.6) is 0 Å². The van der Waals surface area contributed by atoms with Gasteiger partial charge in [0.05, 0.1) is 0 Å². The van der Waals surface area contributed by atoms with Gasteiger partial charge in [-0.25, -0.2) is 5.01 Å². The average molecular weight is 266 g/mol. The number of amides is 1. The lowest BCUT2D eigenvalue weighted by Gasteiger charge is -2.35. The van der Waals surface area contributed by atoms with Crippen molar-refractivity contribution in [2.75, 3.05) is 6.54 Å². The summed E-state index contributed by atoms with van der Waals surface area (Å²) in [6.45, 7) is 9.99. The molecular formula is C16H30N2O. The molecule has 1 amide bonds. The fourth-order valence-electron chi connectivity index (χ4n) is 3.92. The van der Waals surface area contributed by atoms with Crippen LogP contribution in [-0.2, 0) is 4.79 Å². The maximum absolute atomic E-state index is 12.6. The maximum Gasteiger partial charge on any atom is 0.237 e. The normalized spacial score (nSPS) is 36.7. The largest absolute Gasteiger partial charge is 0.288 e. The predicted molar refractivity (Wildman–Crippen MR) is 78.4 cm³/mol. The van der Waals surface area contributed by atoms with E-state index >= 15 is 0 Å². The zero-order chi connectivity index (χ0) is 14.0. The van der Waals surface area contributed by atoms with Gasteiger partial charge in [0.25, 0.3) is 0 Å². The molecule has 0 radical (unpaired) electrons. The molecule has 3 nitrogen and oxygen atoms in total. The van der Waals surface area contributed by atoms with Gasteiger partial charge in [-0.15, -0.1) is 0 Å². The Morgan fingerprint density at radius 2 is 1.89 bits per heavy atom. The van der Waals surface area contributed by atoms with Gasteiger partial charge in [-0.3, -0.25) is 10.2 Å². The summed E-state index contributed by atoms with van der Waals surface area (Å²) in [5, 5.41) is 2.17. The molecule has 0 aromatic heterocycles. The van der Waals surface area contributed by atoms with Crippen molar-refractivity contribution in [1.82, 2.24) is 10.4 Å². The Hall–Kier alpha value is -0.570. The Balaban J connectivity index is 1.97. The average Bonchev–Trinajstić information content (AvgIpc) is 2.74. The quantitative estimate of drug-likeness (QED) is 0.850. The standard InChI is InChI=1S/C16H30N2O/c1-11(2)14-9-8-12(3)15(14)16(19)17-18-10-6-5-7-13(18)4/h11-15H,5-10H2,1-4H3,(H,17,19)/t12-,13?,14+,15-/m0/s1. The van der Waals surface area contributed by atoms with E-state index in [0.29, 0.717) is 23.8 Å². The molecule has 3 heteroatoms. The van der Waals surface area contributed by atoms with Gasteiger partial charge in [0.15, 0.2) is 0 Å². The van der Waals surface area contributed by atoms with Crippen LogP contribution in [0.2, 0.25) is 0 Å². The van der Waals surface area contributed by atoms with Gasteiger partial charge in [-0.05, 0) is 50.4 Å². The summed E-state index contributed by atoms with van der Waals surface area (Å²) in [6, 6.07) is 0.493. The summed E-state index contributed by atoms with van der Waals surface area (Å²) < 4.78 is 0. The van der Waals surface area contributed by atoms with Gasteiger partial charge in [0, 0.05) is 18.5 Å². The molecule has 2 aliphatic rings. The molecule has 1 saturated carbocycles. The summed E-state index contributed by atoms with van der Waals surface area (Å²) in [4.78, 5) is 12.6. The number of nitrogens with one attached hydrogen (secondary N) is 1. The van der Waals surface area contributed by atoms with Crippen LogP contribution >= 0.6 is 0 Å². The van der Waals surface area contributed by atoms with Crippen LogP contribution in [0, 0.1) is 23.7 Å². The van der Waals surface area contributed by atoms with E-state index in [-0.39, 0.29) is 11.8 Å². The lowest BCUT2D eigenvalue weighted by Crippen LogP contribution is -2.52. The molecule has 2 rings (SSSR count). The Morgan fingerprint density at radius 3 is 2.53 bits per heavy atom. The van der Waals surface area contributed by atoms with Crippen LogP contribution < -0.4 is 5.43 Å². The Bertz CT molecular complexity index is 316. The first-order chi connectivity index (χ1) is 9.00. The summed E-state index contributed by atoms with van der Waals surface area (Å²) in [6.07, 6.45) is 6.12. The third-order valence-electron chi connectivity index (χ3n) is 5.25. The lowest BCUT2D eigenvalue weighted by molar-refractivity contribution is -0.134. The SMILES string of the molecule is CC(C)[C@H]1CC[C@H](C)[C@@H]1C(=O)NN1CCCCC1C. The molecule has 4 atom stereocenters. The minimum absolute atomic E-state index is 0.217.